The number of alkyl halides is 1. The van der Waals surface area contributed by atoms with Crippen LogP contribution in [0.25, 0.3) is 0 Å². The molecule has 0 amide bonds. The second-order valence-electron chi connectivity index (χ2n) is 4.94. The Labute approximate surface area is 101 Å². The summed E-state index contributed by atoms with van der Waals surface area (Å²) < 4.78 is 5.90. The lowest BCUT2D eigenvalue weighted by molar-refractivity contribution is 0.0171. The quantitative estimate of drug-likeness (QED) is 0.735. The van der Waals surface area contributed by atoms with Crippen LogP contribution in [-0.4, -0.2) is 41.6 Å². The zero-order valence-electron chi connectivity index (χ0n) is 9.62. The Morgan fingerprint density at radius 2 is 2.13 bits per heavy atom. The highest BCUT2D eigenvalue weighted by atomic mass is 79.9. The number of hydrogen-bond acceptors (Lipinski definition) is 2. The molecule has 0 aromatic carbocycles. The lowest BCUT2D eigenvalue weighted by Crippen LogP contribution is -2.44. The van der Waals surface area contributed by atoms with Gasteiger partial charge >= 0.3 is 0 Å². The van der Waals surface area contributed by atoms with Crippen LogP contribution in [0, 0.1) is 0 Å². The van der Waals surface area contributed by atoms with Gasteiger partial charge in [0.05, 0.1) is 12.2 Å². The summed E-state index contributed by atoms with van der Waals surface area (Å²) in [5.74, 6) is 0. The van der Waals surface area contributed by atoms with Crippen LogP contribution in [0.4, 0.5) is 0 Å². The van der Waals surface area contributed by atoms with Crippen molar-refractivity contribution in [1.82, 2.24) is 4.90 Å². The average molecular weight is 276 g/mol. The van der Waals surface area contributed by atoms with Crippen molar-refractivity contribution in [1.29, 1.82) is 0 Å². The highest BCUT2D eigenvalue weighted by molar-refractivity contribution is 9.09. The largest absolute Gasteiger partial charge is 0.374 e. The molecule has 88 valence electrons. The van der Waals surface area contributed by atoms with Crippen molar-refractivity contribution >= 4 is 15.9 Å². The Morgan fingerprint density at radius 1 is 1.27 bits per heavy atom. The van der Waals surface area contributed by atoms with Gasteiger partial charge in [-0.25, -0.2) is 0 Å². The van der Waals surface area contributed by atoms with Crippen molar-refractivity contribution in [2.45, 2.75) is 57.3 Å². The van der Waals surface area contributed by atoms with Crippen molar-refractivity contribution < 1.29 is 4.74 Å². The molecular weight excluding hydrogens is 254 g/mol. The van der Waals surface area contributed by atoms with Crippen LogP contribution in [0.15, 0.2) is 0 Å². The van der Waals surface area contributed by atoms with Gasteiger partial charge < -0.3 is 4.74 Å². The van der Waals surface area contributed by atoms with E-state index in [1.54, 1.807) is 0 Å². The molecule has 3 unspecified atom stereocenters. The van der Waals surface area contributed by atoms with Crippen LogP contribution in [-0.2, 0) is 4.74 Å². The normalized spacial score (nSPS) is 38.4. The van der Waals surface area contributed by atoms with Crippen LogP contribution in [0.3, 0.4) is 0 Å². The maximum atomic E-state index is 5.90. The van der Waals surface area contributed by atoms with Gasteiger partial charge in [-0.2, -0.15) is 0 Å². The van der Waals surface area contributed by atoms with Gasteiger partial charge in [0.15, 0.2) is 0 Å². The highest BCUT2D eigenvalue weighted by Crippen LogP contribution is 2.24. The van der Waals surface area contributed by atoms with Crippen molar-refractivity contribution in [3.8, 4) is 0 Å². The molecule has 2 heterocycles. The summed E-state index contributed by atoms with van der Waals surface area (Å²) in [6.45, 7) is 4.61. The third-order valence-electron chi connectivity index (χ3n) is 3.69. The Morgan fingerprint density at radius 3 is 2.80 bits per heavy atom. The van der Waals surface area contributed by atoms with Crippen molar-refractivity contribution in [3.63, 3.8) is 0 Å². The lowest BCUT2D eigenvalue weighted by Gasteiger charge is -2.36. The Bertz CT molecular complexity index is 200. The van der Waals surface area contributed by atoms with Gasteiger partial charge in [0.1, 0.15) is 0 Å². The van der Waals surface area contributed by atoms with E-state index in [0.29, 0.717) is 12.2 Å². The van der Waals surface area contributed by atoms with E-state index in [-0.39, 0.29) is 0 Å². The minimum absolute atomic E-state index is 0.488. The minimum Gasteiger partial charge on any atom is -0.374 e. The fourth-order valence-electron chi connectivity index (χ4n) is 2.76. The first kappa shape index (κ1) is 11.9. The van der Waals surface area contributed by atoms with Crippen LogP contribution >= 0.6 is 15.9 Å². The van der Waals surface area contributed by atoms with E-state index in [9.17, 15) is 0 Å². The van der Waals surface area contributed by atoms with Gasteiger partial charge in [-0.05, 0) is 39.2 Å². The number of likely N-dealkylation sites (tertiary alicyclic amines) is 1. The number of hydrogen-bond donors (Lipinski definition) is 0. The molecular formula is C12H22BrNO. The molecule has 0 N–H and O–H groups in total. The molecule has 2 rings (SSSR count). The summed E-state index contributed by atoms with van der Waals surface area (Å²) in [6, 6.07) is 0.748. The number of ether oxygens (including phenoxy) is 1. The van der Waals surface area contributed by atoms with Crippen molar-refractivity contribution in [3.05, 3.63) is 0 Å². The van der Waals surface area contributed by atoms with E-state index >= 15 is 0 Å². The van der Waals surface area contributed by atoms with Crippen LogP contribution < -0.4 is 0 Å². The molecule has 0 bridgehead atoms. The van der Waals surface area contributed by atoms with E-state index in [0.717, 1.165) is 17.9 Å². The maximum absolute atomic E-state index is 5.90. The van der Waals surface area contributed by atoms with Crippen LogP contribution in [0.1, 0.15) is 39.0 Å². The van der Waals surface area contributed by atoms with Crippen molar-refractivity contribution in [2.24, 2.45) is 0 Å². The first-order chi connectivity index (χ1) is 7.29. The number of halogens is 1. The third kappa shape index (κ3) is 3.18. The Kier molecular flexibility index (Phi) is 4.47. The lowest BCUT2D eigenvalue weighted by atomic mass is 10.0. The van der Waals surface area contributed by atoms with Gasteiger partial charge in [0.25, 0.3) is 0 Å². The fourth-order valence-corrected chi connectivity index (χ4v) is 3.49. The van der Waals surface area contributed by atoms with Crippen molar-refractivity contribution in [2.75, 3.05) is 18.4 Å². The first-order valence-corrected chi connectivity index (χ1v) is 7.37. The molecule has 0 aromatic heterocycles. The van der Waals surface area contributed by atoms with Gasteiger partial charge in [-0.3, -0.25) is 4.90 Å². The molecule has 2 aliphatic heterocycles. The molecule has 2 saturated heterocycles. The maximum Gasteiger partial charge on any atom is 0.0706 e. The van der Waals surface area contributed by atoms with Crippen LogP contribution in [0.5, 0.6) is 0 Å². The topological polar surface area (TPSA) is 12.5 Å². The fraction of sp³-hybridized carbons (Fsp3) is 1.00. The molecule has 0 aliphatic carbocycles. The summed E-state index contributed by atoms with van der Waals surface area (Å²) >= 11 is 3.63. The number of piperidine rings is 1. The summed E-state index contributed by atoms with van der Waals surface area (Å²) in [4.78, 5) is 2.63. The van der Waals surface area contributed by atoms with Gasteiger partial charge in [-0.15, -0.1) is 0 Å². The summed E-state index contributed by atoms with van der Waals surface area (Å²) in [6.07, 6.45) is 7.61. The minimum atomic E-state index is 0.488. The molecule has 2 aliphatic rings. The highest BCUT2D eigenvalue weighted by Gasteiger charge is 2.28. The molecule has 0 radical (unpaired) electrons. The predicted octanol–water partition coefficient (Wildman–Crippen LogP) is 2.80. The zero-order chi connectivity index (χ0) is 10.7. The summed E-state index contributed by atoms with van der Waals surface area (Å²) in [5, 5.41) is 1.12. The van der Waals surface area contributed by atoms with Gasteiger partial charge in [0.2, 0.25) is 0 Å². The SMILES string of the molecule is CC1CCC(CN2CCCCC2CBr)O1. The Hall–Kier alpha value is 0.400. The first-order valence-electron chi connectivity index (χ1n) is 6.25. The van der Waals surface area contributed by atoms with E-state index in [1.807, 2.05) is 0 Å². The predicted molar refractivity (Wildman–Crippen MR) is 66.6 cm³/mol. The number of nitrogens with zero attached hydrogens (tertiary/aromatic N) is 1. The zero-order valence-corrected chi connectivity index (χ0v) is 11.2. The van der Waals surface area contributed by atoms with E-state index in [2.05, 4.69) is 27.8 Å². The molecule has 3 atom stereocenters. The summed E-state index contributed by atoms with van der Waals surface area (Å²) in [7, 11) is 0. The molecule has 15 heavy (non-hydrogen) atoms. The van der Waals surface area contributed by atoms with Gasteiger partial charge in [-0.1, -0.05) is 22.4 Å². The second-order valence-corrected chi connectivity index (χ2v) is 5.59. The van der Waals surface area contributed by atoms with E-state index < -0.39 is 0 Å². The standard InChI is InChI=1S/C12H22BrNO/c1-10-5-6-12(15-10)9-14-7-3-2-4-11(14)8-13/h10-12H,2-9H2,1H3. The molecule has 0 spiro atoms. The van der Waals surface area contributed by atoms with Crippen LogP contribution in [0.2, 0.25) is 0 Å². The van der Waals surface area contributed by atoms with E-state index in [4.69, 9.17) is 4.74 Å². The summed E-state index contributed by atoms with van der Waals surface area (Å²) in [5.41, 5.74) is 0. The molecule has 2 nitrogen and oxygen atoms in total. The molecule has 2 fully saturated rings. The smallest absolute Gasteiger partial charge is 0.0706 e. The monoisotopic (exact) mass is 275 g/mol. The number of rotatable bonds is 3. The Balaban J connectivity index is 1.81. The van der Waals surface area contributed by atoms with E-state index in [1.165, 1.54) is 38.6 Å². The van der Waals surface area contributed by atoms with Gasteiger partial charge in [0, 0.05) is 17.9 Å². The molecule has 0 aromatic rings. The second kappa shape index (κ2) is 5.65. The molecule has 0 saturated carbocycles. The molecule has 3 heteroatoms. The third-order valence-corrected chi connectivity index (χ3v) is 4.43. The average Bonchev–Trinajstić information content (AvgIpc) is 2.65.